The SMILES string of the molecule is N#CCc1cccc(C(=O)N2CCC(Cc3ccccc3)CC2)c1. The highest BCUT2D eigenvalue weighted by molar-refractivity contribution is 5.94. The van der Waals surface area contributed by atoms with Gasteiger partial charge in [0.25, 0.3) is 5.91 Å². The van der Waals surface area contributed by atoms with Crippen molar-refractivity contribution in [3.63, 3.8) is 0 Å². The average molecular weight is 318 g/mol. The predicted molar refractivity (Wildman–Crippen MR) is 94.5 cm³/mol. The smallest absolute Gasteiger partial charge is 0.253 e. The molecule has 122 valence electrons. The van der Waals surface area contributed by atoms with Crippen LogP contribution in [0.5, 0.6) is 0 Å². The summed E-state index contributed by atoms with van der Waals surface area (Å²) < 4.78 is 0. The van der Waals surface area contributed by atoms with Crippen LogP contribution in [0.25, 0.3) is 0 Å². The van der Waals surface area contributed by atoms with Gasteiger partial charge in [0.2, 0.25) is 0 Å². The van der Waals surface area contributed by atoms with Crippen LogP contribution in [-0.4, -0.2) is 23.9 Å². The standard InChI is InChI=1S/C21H22N2O/c22-12-9-18-7-4-8-20(16-18)21(24)23-13-10-19(11-14-23)15-17-5-2-1-3-6-17/h1-8,16,19H,9-11,13-15H2. The van der Waals surface area contributed by atoms with Gasteiger partial charge in [0.15, 0.2) is 0 Å². The van der Waals surface area contributed by atoms with Gasteiger partial charge in [-0.05, 0) is 48.4 Å². The van der Waals surface area contributed by atoms with Gasteiger partial charge in [0.1, 0.15) is 0 Å². The van der Waals surface area contributed by atoms with Gasteiger partial charge >= 0.3 is 0 Å². The van der Waals surface area contributed by atoms with E-state index in [0.717, 1.165) is 37.9 Å². The summed E-state index contributed by atoms with van der Waals surface area (Å²) >= 11 is 0. The molecule has 1 saturated heterocycles. The first-order valence-corrected chi connectivity index (χ1v) is 8.55. The van der Waals surface area contributed by atoms with Gasteiger partial charge in [-0.1, -0.05) is 42.5 Å². The Morgan fingerprint density at radius 1 is 1.04 bits per heavy atom. The molecule has 0 spiro atoms. The van der Waals surface area contributed by atoms with Gasteiger partial charge in [-0.25, -0.2) is 0 Å². The van der Waals surface area contributed by atoms with E-state index >= 15 is 0 Å². The molecular formula is C21H22N2O. The van der Waals surface area contributed by atoms with Crippen LogP contribution < -0.4 is 0 Å². The van der Waals surface area contributed by atoms with Crippen LogP contribution in [0, 0.1) is 17.2 Å². The van der Waals surface area contributed by atoms with E-state index in [1.807, 2.05) is 35.2 Å². The summed E-state index contributed by atoms with van der Waals surface area (Å²) in [7, 11) is 0. The second-order valence-corrected chi connectivity index (χ2v) is 6.46. The molecule has 1 aliphatic rings. The summed E-state index contributed by atoms with van der Waals surface area (Å²) in [5, 5.41) is 8.80. The first-order valence-electron chi connectivity index (χ1n) is 8.55. The zero-order valence-electron chi connectivity index (χ0n) is 13.8. The lowest BCUT2D eigenvalue weighted by Crippen LogP contribution is -2.38. The Kier molecular flexibility index (Phi) is 5.28. The van der Waals surface area contributed by atoms with Crippen molar-refractivity contribution in [3.05, 3.63) is 71.3 Å². The molecule has 0 radical (unpaired) electrons. The van der Waals surface area contributed by atoms with Crippen molar-refractivity contribution in [2.75, 3.05) is 13.1 Å². The molecule has 0 bridgehead atoms. The normalized spacial score (nSPS) is 15.0. The molecule has 0 aromatic heterocycles. The van der Waals surface area contributed by atoms with Crippen molar-refractivity contribution in [2.45, 2.75) is 25.7 Å². The minimum atomic E-state index is 0.0907. The molecule has 0 atom stereocenters. The summed E-state index contributed by atoms with van der Waals surface area (Å²) in [6.07, 6.45) is 3.55. The minimum Gasteiger partial charge on any atom is -0.339 e. The van der Waals surface area contributed by atoms with E-state index in [2.05, 4.69) is 30.3 Å². The summed E-state index contributed by atoms with van der Waals surface area (Å²) in [5.41, 5.74) is 2.98. The third kappa shape index (κ3) is 4.02. The number of carbonyl (C=O) groups excluding carboxylic acids is 1. The maximum atomic E-state index is 12.7. The van der Waals surface area contributed by atoms with Crippen LogP contribution in [0.15, 0.2) is 54.6 Å². The number of amides is 1. The Labute approximate surface area is 143 Å². The Morgan fingerprint density at radius 3 is 2.46 bits per heavy atom. The van der Waals surface area contributed by atoms with E-state index in [4.69, 9.17) is 5.26 Å². The van der Waals surface area contributed by atoms with Crippen molar-refractivity contribution in [2.24, 2.45) is 5.92 Å². The number of nitriles is 1. The molecule has 0 unspecified atom stereocenters. The van der Waals surface area contributed by atoms with Crippen LogP contribution in [0.1, 0.15) is 34.3 Å². The van der Waals surface area contributed by atoms with Gasteiger partial charge < -0.3 is 4.90 Å². The number of rotatable bonds is 4. The largest absolute Gasteiger partial charge is 0.339 e. The van der Waals surface area contributed by atoms with E-state index in [1.165, 1.54) is 5.56 Å². The van der Waals surface area contributed by atoms with E-state index < -0.39 is 0 Å². The highest BCUT2D eigenvalue weighted by atomic mass is 16.2. The zero-order valence-corrected chi connectivity index (χ0v) is 13.8. The zero-order chi connectivity index (χ0) is 16.8. The number of hydrogen-bond donors (Lipinski definition) is 0. The fraction of sp³-hybridized carbons (Fsp3) is 0.333. The molecule has 1 amide bonds. The van der Waals surface area contributed by atoms with E-state index in [0.29, 0.717) is 17.9 Å². The average Bonchev–Trinajstić information content (AvgIpc) is 2.63. The molecule has 0 N–H and O–H groups in total. The number of nitrogens with zero attached hydrogens (tertiary/aromatic N) is 2. The van der Waals surface area contributed by atoms with E-state index in [-0.39, 0.29) is 5.91 Å². The van der Waals surface area contributed by atoms with E-state index in [1.54, 1.807) is 0 Å². The van der Waals surface area contributed by atoms with Crippen molar-refractivity contribution in [1.82, 2.24) is 4.90 Å². The number of hydrogen-bond acceptors (Lipinski definition) is 2. The quantitative estimate of drug-likeness (QED) is 0.859. The molecule has 2 aromatic carbocycles. The van der Waals surface area contributed by atoms with Gasteiger partial charge in [-0.15, -0.1) is 0 Å². The minimum absolute atomic E-state index is 0.0907. The molecule has 3 nitrogen and oxygen atoms in total. The summed E-state index contributed by atoms with van der Waals surface area (Å²) in [6, 6.07) is 20.2. The molecule has 1 heterocycles. The van der Waals surface area contributed by atoms with Crippen LogP contribution in [0.3, 0.4) is 0 Å². The molecule has 0 saturated carbocycles. The van der Waals surface area contributed by atoms with Gasteiger partial charge in [-0.3, -0.25) is 4.79 Å². The number of carbonyl (C=O) groups is 1. The Morgan fingerprint density at radius 2 is 1.75 bits per heavy atom. The predicted octanol–water partition coefficient (Wildman–Crippen LogP) is 3.85. The van der Waals surface area contributed by atoms with Crippen LogP contribution >= 0.6 is 0 Å². The fourth-order valence-electron chi connectivity index (χ4n) is 3.38. The lowest BCUT2D eigenvalue weighted by atomic mass is 9.90. The maximum Gasteiger partial charge on any atom is 0.253 e. The summed E-state index contributed by atoms with van der Waals surface area (Å²) in [6.45, 7) is 1.64. The second kappa shape index (κ2) is 7.79. The molecule has 1 aliphatic heterocycles. The number of benzene rings is 2. The topological polar surface area (TPSA) is 44.1 Å². The van der Waals surface area contributed by atoms with E-state index in [9.17, 15) is 4.79 Å². The van der Waals surface area contributed by atoms with Gasteiger partial charge in [-0.2, -0.15) is 5.26 Å². The molecule has 0 aliphatic carbocycles. The lowest BCUT2D eigenvalue weighted by molar-refractivity contribution is 0.0690. The molecule has 3 heteroatoms. The molecule has 1 fully saturated rings. The Balaban J connectivity index is 1.57. The van der Waals surface area contributed by atoms with Crippen LogP contribution in [0.4, 0.5) is 0 Å². The second-order valence-electron chi connectivity index (χ2n) is 6.46. The summed E-state index contributed by atoms with van der Waals surface area (Å²) in [5.74, 6) is 0.745. The highest BCUT2D eigenvalue weighted by Crippen LogP contribution is 2.23. The Hall–Kier alpha value is -2.60. The highest BCUT2D eigenvalue weighted by Gasteiger charge is 2.23. The molecule has 3 rings (SSSR count). The summed E-state index contributed by atoms with van der Waals surface area (Å²) in [4.78, 5) is 14.6. The number of piperidine rings is 1. The Bertz CT molecular complexity index is 725. The maximum absolute atomic E-state index is 12.7. The van der Waals surface area contributed by atoms with Crippen LogP contribution in [0.2, 0.25) is 0 Å². The van der Waals surface area contributed by atoms with Gasteiger partial charge in [0, 0.05) is 18.7 Å². The van der Waals surface area contributed by atoms with Gasteiger partial charge in [0.05, 0.1) is 12.5 Å². The van der Waals surface area contributed by atoms with Crippen molar-refractivity contribution >= 4 is 5.91 Å². The van der Waals surface area contributed by atoms with Crippen molar-refractivity contribution < 1.29 is 4.79 Å². The van der Waals surface area contributed by atoms with Crippen molar-refractivity contribution in [3.8, 4) is 6.07 Å². The molecule has 2 aromatic rings. The lowest BCUT2D eigenvalue weighted by Gasteiger charge is -2.32. The first-order chi connectivity index (χ1) is 11.8. The number of likely N-dealkylation sites (tertiary alicyclic amines) is 1. The first kappa shape index (κ1) is 16.3. The molecular weight excluding hydrogens is 296 g/mol. The van der Waals surface area contributed by atoms with Crippen molar-refractivity contribution in [1.29, 1.82) is 5.26 Å². The third-order valence-corrected chi connectivity index (χ3v) is 4.73. The third-order valence-electron chi connectivity index (χ3n) is 4.73. The monoisotopic (exact) mass is 318 g/mol. The molecule has 24 heavy (non-hydrogen) atoms. The van der Waals surface area contributed by atoms with Crippen LogP contribution in [-0.2, 0) is 12.8 Å². The fourth-order valence-corrected chi connectivity index (χ4v) is 3.38.